The number of hydrogen-bond donors (Lipinski definition) is 0. The van der Waals surface area contributed by atoms with Gasteiger partial charge in [-0.05, 0) is 31.2 Å². The molecule has 3 rings (SSSR count). The molecule has 0 aliphatic carbocycles. The molecular weight excluding hydrogens is 254 g/mol. The quantitative estimate of drug-likeness (QED) is 0.683. The van der Waals surface area contributed by atoms with Crippen molar-refractivity contribution in [3.8, 4) is 5.75 Å². The lowest BCUT2D eigenvalue weighted by Crippen LogP contribution is -2.02. The summed E-state index contributed by atoms with van der Waals surface area (Å²) in [5.74, 6) is 0.586. The van der Waals surface area contributed by atoms with Crippen molar-refractivity contribution in [2.75, 3.05) is 7.11 Å². The average molecular weight is 267 g/mol. The summed E-state index contributed by atoms with van der Waals surface area (Å²) in [6.07, 6.45) is 0. The maximum atomic E-state index is 12.5. The molecule has 0 unspecified atom stereocenters. The fraction of sp³-hybridized carbons (Fsp3) is 0.125. The van der Waals surface area contributed by atoms with Crippen LogP contribution in [0.4, 0.5) is 0 Å². The molecule has 0 saturated carbocycles. The number of ether oxygens (including phenoxy) is 1. The molecule has 3 aromatic rings. The third-order valence-electron chi connectivity index (χ3n) is 3.09. The van der Waals surface area contributed by atoms with E-state index in [9.17, 15) is 4.79 Å². The Kier molecular flexibility index (Phi) is 2.99. The molecular formula is C16H13NO3. The summed E-state index contributed by atoms with van der Waals surface area (Å²) in [7, 11) is 1.54. The van der Waals surface area contributed by atoms with Crippen molar-refractivity contribution in [1.29, 1.82) is 0 Å². The number of carbonyl (C=O) groups is 1. The van der Waals surface area contributed by atoms with Crippen molar-refractivity contribution in [1.82, 2.24) is 4.98 Å². The van der Waals surface area contributed by atoms with Gasteiger partial charge in [0.1, 0.15) is 11.3 Å². The van der Waals surface area contributed by atoms with Gasteiger partial charge in [0.15, 0.2) is 11.3 Å². The van der Waals surface area contributed by atoms with Crippen LogP contribution in [-0.4, -0.2) is 17.9 Å². The lowest BCUT2D eigenvalue weighted by Gasteiger charge is -2.04. The van der Waals surface area contributed by atoms with E-state index in [2.05, 4.69) is 4.98 Å². The Morgan fingerprint density at radius 2 is 2.00 bits per heavy atom. The standard InChI is InChI=1S/C16H13NO3/c1-10-7-8-14-12(17-10)9-15(20-14)16(18)11-5-3-4-6-13(11)19-2/h3-9H,1-2H3. The van der Waals surface area contributed by atoms with Crippen molar-refractivity contribution in [3.63, 3.8) is 0 Å². The number of fused-ring (bicyclic) bond motifs is 1. The van der Waals surface area contributed by atoms with Crippen LogP contribution in [0.15, 0.2) is 46.9 Å². The van der Waals surface area contributed by atoms with Crippen LogP contribution in [0.5, 0.6) is 5.75 Å². The van der Waals surface area contributed by atoms with Crippen LogP contribution >= 0.6 is 0 Å². The first-order valence-corrected chi connectivity index (χ1v) is 6.24. The molecule has 0 amide bonds. The molecule has 2 aromatic heterocycles. The van der Waals surface area contributed by atoms with E-state index < -0.39 is 0 Å². The van der Waals surface area contributed by atoms with Gasteiger partial charge in [0.25, 0.3) is 0 Å². The average Bonchev–Trinajstić information content (AvgIpc) is 2.89. The van der Waals surface area contributed by atoms with E-state index in [0.29, 0.717) is 22.4 Å². The first kappa shape index (κ1) is 12.4. The monoisotopic (exact) mass is 267 g/mol. The molecule has 0 aliphatic heterocycles. The number of carbonyl (C=O) groups excluding carboxylic acids is 1. The van der Waals surface area contributed by atoms with Gasteiger partial charge < -0.3 is 9.15 Å². The minimum Gasteiger partial charge on any atom is -0.496 e. The third-order valence-corrected chi connectivity index (χ3v) is 3.09. The molecule has 2 heterocycles. The maximum absolute atomic E-state index is 12.5. The minimum absolute atomic E-state index is 0.210. The molecule has 0 bridgehead atoms. The van der Waals surface area contributed by atoms with Gasteiger partial charge >= 0.3 is 0 Å². The Morgan fingerprint density at radius 1 is 1.20 bits per heavy atom. The SMILES string of the molecule is COc1ccccc1C(=O)c1cc2nc(C)ccc2o1. The van der Waals surface area contributed by atoms with Crippen molar-refractivity contribution < 1.29 is 13.9 Å². The Bertz CT molecular complexity index is 789. The topological polar surface area (TPSA) is 52.3 Å². The van der Waals surface area contributed by atoms with Crippen LogP contribution in [0.2, 0.25) is 0 Å². The summed E-state index contributed by atoms with van der Waals surface area (Å²) in [6.45, 7) is 1.90. The molecule has 0 atom stereocenters. The van der Waals surface area contributed by atoms with Crippen molar-refractivity contribution >= 4 is 16.9 Å². The number of furan rings is 1. The van der Waals surface area contributed by atoms with E-state index in [0.717, 1.165) is 5.69 Å². The molecule has 0 fully saturated rings. The van der Waals surface area contributed by atoms with Gasteiger partial charge in [0.2, 0.25) is 5.78 Å². The summed E-state index contributed by atoms with van der Waals surface area (Å²) in [5, 5.41) is 0. The van der Waals surface area contributed by atoms with Crippen LogP contribution in [0.25, 0.3) is 11.1 Å². The van der Waals surface area contributed by atoms with Crippen molar-refractivity contribution in [2.24, 2.45) is 0 Å². The highest BCUT2D eigenvalue weighted by Gasteiger charge is 2.18. The molecule has 0 saturated heterocycles. The molecule has 100 valence electrons. The van der Waals surface area contributed by atoms with E-state index in [1.165, 1.54) is 7.11 Å². The minimum atomic E-state index is -0.210. The van der Waals surface area contributed by atoms with Gasteiger partial charge in [-0.25, -0.2) is 4.98 Å². The first-order chi connectivity index (χ1) is 9.69. The Balaban J connectivity index is 2.08. The van der Waals surface area contributed by atoms with E-state index in [-0.39, 0.29) is 11.5 Å². The number of para-hydroxylation sites is 1. The van der Waals surface area contributed by atoms with Crippen LogP contribution in [0.1, 0.15) is 21.8 Å². The lowest BCUT2D eigenvalue weighted by atomic mass is 10.1. The van der Waals surface area contributed by atoms with Gasteiger partial charge in [0, 0.05) is 11.8 Å². The Labute approximate surface area is 116 Å². The Hall–Kier alpha value is -2.62. The van der Waals surface area contributed by atoms with E-state index in [1.807, 2.05) is 25.1 Å². The number of benzene rings is 1. The second-order valence-electron chi connectivity index (χ2n) is 4.48. The fourth-order valence-corrected chi connectivity index (χ4v) is 2.10. The second-order valence-corrected chi connectivity index (χ2v) is 4.48. The van der Waals surface area contributed by atoms with E-state index >= 15 is 0 Å². The summed E-state index contributed by atoms with van der Waals surface area (Å²) in [6, 6.07) is 12.4. The number of rotatable bonds is 3. The number of pyridine rings is 1. The van der Waals surface area contributed by atoms with Crippen LogP contribution < -0.4 is 4.74 Å². The van der Waals surface area contributed by atoms with Gasteiger partial charge in [-0.1, -0.05) is 12.1 Å². The number of nitrogens with zero attached hydrogens (tertiary/aromatic N) is 1. The second kappa shape index (κ2) is 4.81. The number of hydrogen-bond acceptors (Lipinski definition) is 4. The van der Waals surface area contributed by atoms with Crippen LogP contribution in [-0.2, 0) is 0 Å². The predicted molar refractivity (Wildman–Crippen MR) is 75.2 cm³/mol. The fourth-order valence-electron chi connectivity index (χ4n) is 2.10. The normalized spacial score (nSPS) is 10.7. The van der Waals surface area contributed by atoms with Gasteiger partial charge in [-0.2, -0.15) is 0 Å². The number of aryl methyl sites for hydroxylation is 1. The molecule has 0 aliphatic rings. The summed E-state index contributed by atoms with van der Waals surface area (Å²) in [5.41, 5.74) is 2.65. The highest BCUT2D eigenvalue weighted by molar-refractivity contribution is 6.10. The molecule has 1 aromatic carbocycles. The number of aromatic nitrogens is 1. The molecule has 0 spiro atoms. The molecule has 20 heavy (non-hydrogen) atoms. The zero-order chi connectivity index (χ0) is 14.1. The summed E-state index contributed by atoms with van der Waals surface area (Å²) in [4.78, 5) is 16.8. The zero-order valence-electron chi connectivity index (χ0n) is 11.2. The van der Waals surface area contributed by atoms with Crippen LogP contribution in [0.3, 0.4) is 0 Å². The number of methoxy groups -OCH3 is 1. The first-order valence-electron chi connectivity index (χ1n) is 6.24. The molecule has 4 nitrogen and oxygen atoms in total. The summed E-state index contributed by atoms with van der Waals surface area (Å²) < 4.78 is 10.8. The highest BCUT2D eigenvalue weighted by atomic mass is 16.5. The van der Waals surface area contributed by atoms with E-state index in [4.69, 9.17) is 9.15 Å². The lowest BCUT2D eigenvalue weighted by molar-refractivity contribution is 0.101. The van der Waals surface area contributed by atoms with Gasteiger partial charge in [0.05, 0.1) is 12.7 Å². The maximum Gasteiger partial charge on any atom is 0.232 e. The predicted octanol–water partition coefficient (Wildman–Crippen LogP) is 3.38. The zero-order valence-corrected chi connectivity index (χ0v) is 11.2. The molecule has 4 heteroatoms. The highest BCUT2D eigenvalue weighted by Crippen LogP contribution is 2.24. The largest absolute Gasteiger partial charge is 0.496 e. The number of ketones is 1. The third kappa shape index (κ3) is 2.05. The van der Waals surface area contributed by atoms with Crippen LogP contribution in [0, 0.1) is 6.92 Å². The molecule has 0 N–H and O–H groups in total. The van der Waals surface area contributed by atoms with E-state index in [1.54, 1.807) is 24.3 Å². The van der Waals surface area contributed by atoms with Gasteiger partial charge in [-0.3, -0.25) is 4.79 Å². The smallest absolute Gasteiger partial charge is 0.232 e. The molecule has 0 radical (unpaired) electrons. The summed E-state index contributed by atoms with van der Waals surface area (Å²) >= 11 is 0. The van der Waals surface area contributed by atoms with Crippen molar-refractivity contribution in [2.45, 2.75) is 6.92 Å². The van der Waals surface area contributed by atoms with Crippen molar-refractivity contribution in [3.05, 3.63) is 59.5 Å². The van der Waals surface area contributed by atoms with Gasteiger partial charge in [-0.15, -0.1) is 0 Å². The Morgan fingerprint density at radius 3 is 2.80 bits per heavy atom.